The zero-order valence-corrected chi connectivity index (χ0v) is 32.1. The van der Waals surface area contributed by atoms with E-state index in [1.165, 1.54) is 55.5 Å². The molecule has 56 heavy (non-hydrogen) atoms. The molecule has 0 N–H and O–H groups in total. The van der Waals surface area contributed by atoms with Crippen LogP contribution < -0.4 is 0 Å². The van der Waals surface area contributed by atoms with Crippen LogP contribution in [0.15, 0.2) is 173 Å². The van der Waals surface area contributed by atoms with Gasteiger partial charge in [0.25, 0.3) is 0 Å². The lowest BCUT2D eigenvalue weighted by atomic mass is 9.81. The van der Waals surface area contributed by atoms with Gasteiger partial charge in [-0.3, -0.25) is 0 Å². The van der Waals surface area contributed by atoms with Gasteiger partial charge in [0.15, 0.2) is 5.82 Å². The number of benzene rings is 3. The lowest BCUT2D eigenvalue weighted by Gasteiger charge is -2.24. The minimum Gasteiger partial charge on any atom is -0.333 e. The molecule has 0 saturated carbocycles. The van der Waals surface area contributed by atoms with E-state index in [0.29, 0.717) is 12.0 Å². The van der Waals surface area contributed by atoms with E-state index >= 15 is 0 Å². The lowest BCUT2D eigenvalue weighted by Crippen LogP contribution is -2.19. The van der Waals surface area contributed by atoms with E-state index < -0.39 is 0 Å². The van der Waals surface area contributed by atoms with Crippen LogP contribution in [0.3, 0.4) is 0 Å². The predicted molar refractivity (Wildman–Crippen MR) is 233 cm³/mol. The molecule has 2 aromatic heterocycles. The molecule has 1 aliphatic heterocycles. The first-order valence-electron chi connectivity index (χ1n) is 20.1. The van der Waals surface area contributed by atoms with Crippen LogP contribution in [0.4, 0.5) is 0 Å². The summed E-state index contributed by atoms with van der Waals surface area (Å²) in [6, 6.07) is 28.8. The largest absolute Gasteiger partial charge is 0.333 e. The Kier molecular flexibility index (Phi) is 8.78. The van der Waals surface area contributed by atoms with E-state index in [4.69, 9.17) is 15.0 Å². The molecule has 274 valence electrons. The molecule has 4 aliphatic carbocycles. The van der Waals surface area contributed by atoms with Gasteiger partial charge in [0, 0.05) is 50.9 Å². The van der Waals surface area contributed by atoms with Gasteiger partial charge in [-0.05, 0) is 111 Å². The van der Waals surface area contributed by atoms with Crippen LogP contribution in [0.25, 0.3) is 49.9 Å². The highest BCUT2D eigenvalue weighted by atomic mass is 15.2. The summed E-state index contributed by atoms with van der Waals surface area (Å²) in [5.74, 6) is 1.03. The van der Waals surface area contributed by atoms with Crippen LogP contribution in [-0.2, 0) is 0 Å². The van der Waals surface area contributed by atoms with Crippen LogP contribution >= 0.6 is 0 Å². The molecule has 5 aromatic rings. The molecule has 0 fully saturated rings. The molecule has 5 heteroatoms. The number of fused-ring (bicyclic) bond motifs is 5. The molecular weight excluding hydrogens is 683 g/mol. The second-order valence-corrected chi connectivity index (χ2v) is 15.4. The Balaban J connectivity index is 1.01. The van der Waals surface area contributed by atoms with Crippen molar-refractivity contribution in [3.05, 3.63) is 185 Å². The molecule has 2 atom stereocenters. The van der Waals surface area contributed by atoms with Crippen LogP contribution in [0, 0.1) is 5.92 Å². The normalized spacial score (nSPS) is 20.8. The maximum absolute atomic E-state index is 5.03. The summed E-state index contributed by atoms with van der Waals surface area (Å²) >= 11 is 0. The van der Waals surface area contributed by atoms with Crippen LogP contribution in [0.1, 0.15) is 75.4 Å². The molecule has 5 aliphatic rings. The summed E-state index contributed by atoms with van der Waals surface area (Å²) in [4.78, 5) is 17.4. The number of allylic oxidation sites excluding steroid dienone is 16. The number of para-hydroxylation sites is 1. The van der Waals surface area contributed by atoms with Gasteiger partial charge >= 0.3 is 0 Å². The molecule has 0 amide bonds. The van der Waals surface area contributed by atoms with Crippen molar-refractivity contribution in [2.24, 2.45) is 10.9 Å². The second-order valence-electron chi connectivity index (χ2n) is 15.4. The van der Waals surface area contributed by atoms with Gasteiger partial charge in [-0.25, -0.2) is 15.0 Å². The highest BCUT2D eigenvalue weighted by Gasteiger charge is 2.38. The van der Waals surface area contributed by atoms with E-state index in [1.54, 1.807) is 0 Å². The summed E-state index contributed by atoms with van der Waals surface area (Å²) in [7, 11) is 0. The van der Waals surface area contributed by atoms with Gasteiger partial charge in [-0.1, -0.05) is 115 Å². The number of hydrogen-bond acceptors (Lipinski definition) is 3. The molecular formula is C51H45N5. The van der Waals surface area contributed by atoms with Crippen LogP contribution in [0.2, 0.25) is 0 Å². The average molecular weight is 728 g/mol. The maximum Gasteiger partial charge on any atom is 0.160 e. The highest BCUT2D eigenvalue weighted by Crippen LogP contribution is 2.50. The first-order valence-corrected chi connectivity index (χ1v) is 20.1. The zero-order chi connectivity index (χ0) is 37.6. The summed E-state index contributed by atoms with van der Waals surface area (Å²) in [6.07, 6.45) is 32.8. The van der Waals surface area contributed by atoms with Crippen molar-refractivity contribution in [3.8, 4) is 11.4 Å². The fourth-order valence-electron chi connectivity index (χ4n) is 9.22. The fraction of sp³-hybridized carbons (Fsp3) is 0.196. The lowest BCUT2D eigenvalue weighted by molar-refractivity contribution is 0.586. The Bertz CT molecular complexity index is 2720. The number of nitrogens with zero attached hydrogens (tertiary/aromatic N) is 5. The molecule has 3 aromatic carbocycles. The molecule has 0 spiro atoms. The average Bonchev–Trinajstić information content (AvgIpc) is 3.76. The predicted octanol–water partition coefficient (Wildman–Crippen LogP) is 12.7. The van der Waals surface area contributed by atoms with E-state index in [1.807, 2.05) is 30.7 Å². The summed E-state index contributed by atoms with van der Waals surface area (Å²) in [5, 5.41) is 2.64. The molecule has 3 heterocycles. The minimum absolute atomic E-state index is 0.298. The third-order valence-corrected chi connectivity index (χ3v) is 12.0. The minimum atomic E-state index is 0.298. The van der Waals surface area contributed by atoms with Crippen molar-refractivity contribution >= 4 is 44.9 Å². The third kappa shape index (κ3) is 5.99. The Hall–Kier alpha value is -6.33. The molecule has 0 bridgehead atoms. The maximum atomic E-state index is 5.03. The zero-order valence-electron chi connectivity index (χ0n) is 32.1. The van der Waals surface area contributed by atoms with Crippen molar-refractivity contribution < 1.29 is 0 Å². The van der Waals surface area contributed by atoms with Crippen molar-refractivity contribution in [1.29, 1.82) is 0 Å². The summed E-state index contributed by atoms with van der Waals surface area (Å²) in [5.41, 5.74) is 15.8. The van der Waals surface area contributed by atoms with Gasteiger partial charge in [0.2, 0.25) is 0 Å². The fourth-order valence-corrected chi connectivity index (χ4v) is 9.22. The highest BCUT2D eigenvalue weighted by molar-refractivity contribution is 6.09. The van der Waals surface area contributed by atoms with E-state index in [2.05, 4.69) is 145 Å². The monoisotopic (exact) mass is 727 g/mol. The van der Waals surface area contributed by atoms with Gasteiger partial charge in [0.05, 0.1) is 23.8 Å². The first-order chi connectivity index (χ1) is 27.6. The Morgan fingerprint density at radius 2 is 1.62 bits per heavy atom. The van der Waals surface area contributed by atoms with Crippen molar-refractivity contribution in [2.75, 3.05) is 0 Å². The van der Waals surface area contributed by atoms with Crippen LogP contribution in [-0.4, -0.2) is 25.8 Å². The topological polar surface area (TPSA) is 46.3 Å². The summed E-state index contributed by atoms with van der Waals surface area (Å²) in [6.45, 7) is 4.36. The number of rotatable bonds is 7. The third-order valence-electron chi connectivity index (χ3n) is 12.0. The molecule has 2 unspecified atom stereocenters. The van der Waals surface area contributed by atoms with Crippen molar-refractivity contribution in [1.82, 2.24) is 19.4 Å². The van der Waals surface area contributed by atoms with Gasteiger partial charge in [0.1, 0.15) is 0 Å². The number of hydrogen-bond donors (Lipinski definition) is 0. The number of aliphatic imine (C=N–C) groups is 1. The molecule has 10 rings (SSSR count). The smallest absolute Gasteiger partial charge is 0.160 e. The van der Waals surface area contributed by atoms with Crippen molar-refractivity contribution in [2.45, 2.75) is 58.4 Å². The quantitative estimate of drug-likeness (QED) is 0.124. The Morgan fingerprint density at radius 3 is 2.50 bits per heavy atom. The second kappa shape index (κ2) is 14.4. The van der Waals surface area contributed by atoms with Gasteiger partial charge in [-0.2, -0.15) is 0 Å². The van der Waals surface area contributed by atoms with Gasteiger partial charge < -0.3 is 9.47 Å². The van der Waals surface area contributed by atoms with E-state index in [0.717, 1.165) is 72.4 Å². The molecule has 0 radical (unpaired) electrons. The summed E-state index contributed by atoms with van der Waals surface area (Å²) < 4.78 is 2.56. The van der Waals surface area contributed by atoms with Crippen molar-refractivity contribution in [3.63, 3.8) is 0 Å². The first kappa shape index (κ1) is 34.2. The molecule has 5 nitrogen and oxygen atoms in total. The van der Waals surface area contributed by atoms with E-state index in [9.17, 15) is 0 Å². The van der Waals surface area contributed by atoms with Crippen LogP contribution in [0.5, 0.6) is 0 Å². The SMILES string of the molecule is CC1=CC=CCC1n1c2ccccc2c2cc(C3=CCCC4=C3C3CC=CC=C3N4C=N/C=C(\C)c3cc(C4=CCCC=C4)nc(-c4ccccc4)n3)ccc21. The molecule has 0 saturated heterocycles. The standard InChI is InChI=1S/C51H45N5/c1-34-16-9-12-24-45(34)56-47-26-14-10-21-40(47)42-30-38(28-29-48(42)56)39-23-15-27-49-50(39)41-22-11-13-25-46(41)55(49)33-52-32-35(2)43-31-44(36-17-5-3-6-18-36)54-51(53-43)37-19-7-4-8-20-37/h4-5,7-14,16-21,23,25-26,28-33,41,45H,3,6,15,22,24,27H2,1-2H3/b35-32+,52-33?. The Morgan fingerprint density at radius 1 is 0.786 bits per heavy atom. The number of aromatic nitrogens is 3. The Labute approximate surface area is 329 Å². The van der Waals surface area contributed by atoms with Gasteiger partial charge in [-0.15, -0.1) is 0 Å². The van der Waals surface area contributed by atoms with E-state index in [-0.39, 0.29) is 0 Å².